The molecule has 5 rings (SSSR count). The van der Waals surface area contributed by atoms with Gasteiger partial charge in [0.15, 0.2) is 0 Å². The van der Waals surface area contributed by atoms with E-state index in [9.17, 15) is 9.59 Å². The van der Waals surface area contributed by atoms with Crippen molar-refractivity contribution in [3.63, 3.8) is 0 Å². The molecule has 6 nitrogen and oxygen atoms in total. The Labute approximate surface area is 194 Å². The second kappa shape index (κ2) is 9.40. The molecule has 1 fully saturated rings. The van der Waals surface area contributed by atoms with Crippen LogP contribution in [-0.4, -0.2) is 58.9 Å². The summed E-state index contributed by atoms with van der Waals surface area (Å²) in [5.41, 5.74) is 4.24. The minimum Gasteiger partial charge on any atom is -0.381 e. The van der Waals surface area contributed by atoms with Crippen LogP contribution in [0.3, 0.4) is 0 Å². The number of piperazine rings is 1. The Balaban J connectivity index is 1.45. The molecule has 2 aliphatic rings. The lowest BCUT2D eigenvalue weighted by molar-refractivity contribution is -0.158. The minimum atomic E-state index is -0.482. The predicted octanol–water partition coefficient (Wildman–Crippen LogP) is 4.06. The highest BCUT2D eigenvalue weighted by atomic mass is 16.5. The third-order valence-electron chi connectivity index (χ3n) is 6.82. The first-order valence-corrected chi connectivity index (χ1v) is 12.0. The van der Waals surface area contributed by atoms with Gasteiger partial charge in [-0.2, -0.15) is 0 Å². The zero-order chi connectivity index (χ0) is 22.8. The smallest absolute Gasteiger partial charge is 0.246 e. The maximum Gasteiger partial charge on any atom is 0.246 e. The second-order valence-corrected chi connectivity index (χ2v) is 8.98. The van der Waals surface area contributed by atoms with E-state index in [0.29, 0.717) is 19.6 Å². The number of nitrogens with zero attached hydrogens (tertiary/aromatic N) is 2. The molecule has 1 saturated heterocycles. The number of para-hydroxylation sites is 1. The first-order chi connectivity index (χ1) is 16.2. The molecular weight excluding hydrogens is 414 g/mol. The van der Waals surface area contributed by atoms with Crippen LogP contribution in [0.15, 0.2) is 54.6 Å². The highest BCUT2D eigenvalue weighted by molar-refractivity contribution is 5.97. The molecule has 0 radical (unpaired) electrons. The van der Waals surface area contributed by atoms with Gasteiger partial charge in [-0.1, -0.05) is 61.9 Å². The van der Waals surface area contributed by atoms with Gasteiger partial charge < -0.3 is 19.5 Å². The lowest BCUT2D eigenvalue weighted by atomic mass is 9.86. The van der Waals surface area contributed by atoms with Crippen molar-refractivity contribution in [2.45, 2.75) is 44.7 Å². The van der Waals surface area contributed by atoms with Gasteiger partial charge in [-0.05, 0) is 30.0 Å². The molecule has 1 aromatic heterocycles. The first-order valence-electron chi connectivity index (χ1n) is 12.0. The van der Waals surface area contributed by atoms with Crippen molar-refractivity contribution in [3.05, 3.63) is 71.4 Å². The molecule has 2 amide bonds. The zero-order valence-electron chi connectivity index (χ0n) is 19.1. The van der Waals surface area contributed by atoms with Crippen LogP contribution in [0.2, 0.25) is 0 Å². The molecule has 172 valence electrons. The summed E-state index contributed by atoms with van der Waals surface area (Å²) in [5.74, 6) is 0.0460. The highest BCUT2D eigenvalue weighted by Crippen LogP contribution is 2.42. The molecule has 2 atom stereocenters. The molecule has 0 bridgehead atoms. The van der Waals surface area contributed by atoms with Crippen LogP contribution < -0.4 is 0 Å². The number of hydrogen-bond acceptors (Lipinski definition) is 3. The predicted molar refractivity (Wildman–Crippen MR) is 128 cm³/mol. The maximum atomic E-state index is 13.6. The Bertz CT molecular complexity index is 1140. The third-order valence-corrected chi connectivity index (χ3v) is 6.82. The normalized spacial score (nSPS) is 20.3. The Morgan fingerprint density at radius 2 is 1.76 bits per heavy atom. The summed E-state index contributed by atoms with van der Waals surface area (Å²) in [6.45, 7) is 4.19. The van der Waals surface area contributed by atoms with Gasteiger partial charge in [0.2, 0.25) is 11.8 Å². The summed E-state index contributed by atoms with van der Waals surface area (Å²) in [7, 11) is 0. The molecule has 2 aliphatic heterocycles. The van der Waals surface area contributed by atoms with Crippen molar-refractivity contribution in [1.82, 2.24) is 14.8 Å². The van der Waals surface area contributed by atoms with Gasteiger partial charge in [-0.25, -0.2) is 0 Å². The molecular formula is C27H31N3O3. The van der Waals surface area contributed by atoms with Crippen LogP contribution >= 0.6 is 0 Å². The van der Waals surface area contributed by atoms with E-state index >= 15 is 0 Å². The monoisotopic (exact) mass is 445 g/mol. The summed E-state index contributed by atoms with van der Waals surface area (Å²) in [5, 5.41) is 1.13. The fourth-order valence-electron chi connectivity index (χ4n) is 5.20. The molecule has 2 aromatic carbocycles. The quantitative estimate of drug-likeness (QED) is 0.532. The number of unbranched alkanes of at least 4 members (excludes halogenated alkanes) is 1. The number of aromatic nitrogens is 1. The highest BCUT2D eigenvalue weighted by Gasteiger charge is 2.47. The number of rotatable bonds is 8. The summed E-state index contributed by atoms with van der Waals surface area (Å²) in [6, 6.07) is 17.5. The van der Waals surface area contributed by atoms with E-state index in [2.05, 4.69) is 24.0 Å². The molecule has 3 aromatic rings. The molecule has 2 unspecified atom stereocenters. The average molecular weight is 446 g/mol. The van der Waals surface area contributed by atoms with E-state index in [1.807, 2.05) is 47.4 Å². The average Bonchev–Trinajstić information content (AvgIpc) is 3.22. The van der Waals surface area contributed by atoms with Crippen LogP contribution in [-0.2, 0) is 20.7 Å². The number of carbonyl (C=O) groups is 2. The third kappa shape index (κ3) is 4.04. The van der Waals surface area contributed by atoms with Crippen molar-refractivity contribution in [1.29, 1.82) is 0 Å². The number of amides is 2. The molecule has 0 aliphatic carbocycles. The van der Waals surface area contributed by atoms with E-state index in [-0.39, 0.29) is 24.4 Å². The summed E-state index contributed by atoms with van der Waals surface area (Å²) in [6.07, 6.45) is 3.44. The Morgan fingerprint density at radius 3 is 2.58 bits per heavy atom. The van der Waals surface area contributed by atoms with E-state index < -0.39 is 6.04 Å². The Morgan fingerprint density at radius 1 is 1.00 bits per heavy atom. The van der Waals surface area contributed by atoms with Crippen molar-refractivity contribution in [2.75, 3.05) is 26.3 Å². The molecule has 0 saturated carbocycles. The van der Waals surface area contributed by atoms with E-state index in [4.69, 9.17) is 4.74 Å². The summed E-state index contributed by atoms with van der Waals surface area (Å²) in [4.78, 5) is 34.2. The van der Waals surface area contributed by atoms with Gasteiger partial charge in [0.1, 0.15) is 6.04 Å². The minimum absolute atomic E-state index is 0.00432. The lowest BCUT2D eigenvalue weighted by Gasteiger charge is -2.47. The van der Waals surface area contributed by atoms with Gasteiger partial charge >= 0.3 is 0 Å². The van der Waals surface area contributed by atoms with Gasteiger partial charge in [0.05, 0.1) is 12.6 Å². The molecule has 1 N–H and O–H groups in total. The van der Waals surface area contributed by atoms with Crippen molar-refractivity contribution < 1.29 is 14.3 Å². The largest absolute Gasteiger partial charge is 0.381 e. The number of ether oxygens (including phenoxy) is 1. The number of benzene rings is 2. The maximum absolute atomic E-state index is 13.6. The molecule has 33 heavy (non-hydrogen) atoms. The number of carbonyl (C=O) groups excluding carboxylic acids is 2. The first kappa shape index (κ1) is 21.7. The Kier molecular flexibility index (Phi) is 6.18. The SMILES string of the molecule is CCCCOCCCN1CC(=O)N2C(Cc3c([nH]c4ccccc34)C2c2ccccc2)C1=O. The van der Waals surface area contributed by atoms with Crippen molar-refractivity contribution in [2.24, 2.45) is 0 Å². The van der Waals surface area contributed by atoms with Gasteiger partial charge in [-0.3, -0.25) is 9.59 Å². The number of aromatic amines is 1. The number of H-pyrrole nitrogens is 1. The van der Waals surface area contributed by atoms with E-state index in [1.54, 1.807) is 4.90 Å². The molecule has 0 spiro atoms. The fourth-order valence-corrected chi connectivity index (χ4v) is 5.20. The number of fused-ring (bicyclic) bond motifs is 4. The number of nitrogens with one attached hydrogen (secondary N) is 1. The van der Waals surface area contributed by atoms with Gasteiger partial charge in [0.25, 0.3) is 0 Å². The number of hydrogen-bond donors (Lipinski definition) is 1. The van der Waals surface area contributed by atoms with E-state index in [1.165, 1.54) is 0 Å². The summed E-state index contributed by atoms with van der Waals surface area (Å²) < 4.78 is 5.66. The lowest BCUT2D eigenvalue weighted by Crippen LogP contribution is -2.63. The summed E-state index contributed by atoms with van der Waals surface area (Å²) >= 11 is 0. The van der Waals surface area contributed by atoms with Crippen LogP contribution in [0.25, 0.3) is 10.9 Å². The topological polar surface area (TPSA) is 65.6 Å². The van der Waals surface area contributed by atoms with Crippen LogP contribution in [0.4, 0.5) is 0 Å². The Hall–Kier alpha value is -3.12. The van der Waals surface area contributed by atoms with Gasteiger partial charge in [-0.15, -0.1) is 0 Å². The van der Waals surface area contributed by atoms with Crippen LogP contribution in [0, 0.1) is 0 Å². The second-order valence-electron chi connectivity index (χ2n) is 8.98. The van der Waals surface area contributed by atoms with Gasteiger partial charge in [0, 0.05) is 42.8 Å². The van der Waals surface area contributed by atoms with Crippen LogP contribution in [0.1, 0.15) is 49.0 Å². The fraction of sp³-hybridized carbons (Fsp3) is 0.407. The zero-order valence-corrected chi connectivity index (χ0v) is 19.1. The van der Waals surface area contributed by atoms with Crippen molar-refractivity contribution >= 4 is 22.7 Å². The van der Waals surface area contributed by atoms with Crippen LogP contribution in [0.5, 0.6) is 0 Å². The molecule has 3 heterocycles. The standard InChI is InChI=1S/C27H31N3O3/c1-2-3-15-33-16-9-14-29-18-24(31)30-23(27(29)32)17-21-20-12-7-8-13-22(20)28-25(21)26(30)19-10-5-4-6-11-19/h4-8,10-13,23,26,28H,2-3,9,14-18H2,1H3. The van der Waals surface area contributed by atoms with Crippen molar-refractivity contribution in [3.8, 4) is 0 Å². The molecule has 6 heteroatoms. The van der Waals surface area contributed by atoms with E-state index in [0.717, 1.165) is 53.6 Å².